The molecule has 1 aliphatic heterocycles. The molecule has 3 heterocycles. The molecule has 1 aliphatic carbocycles. The Labute approximate surface area is 265 Å². The van der Waals surface area contributed by atoms with E-state index >= 15 is 0 Å². The molecule has 9 nitrogen and oxygen atoms in total. The lowest BCUT2D eigenvalue weighted by molar-refractivity contribution is 0.242. The van der Waals surface area contributed by atoms with Gasteiger partial charge in [-0.15, -0.1) is 4.31 Å². The van der Waals surface area contributed by atoms with Gasteiger partial charge in [-0.3, -0.25) is 4.79 Å². The van der Waals surface area contributed by atoms with Gasteiger partial charge in [0.2, 0.25) is 11.6 Å². The lowest BCUT2D eigenvalue weighted by Gasteiger charge is -2.36. The van der Waals surface area contributed by atoms with Crippen molar-refractivity contribution in [1.82, 2.24) is 19.1 Å². The van der Waals surface area contributed by atoms with Crippen molar-refractivity contribution in [3.8, 4) is 22.9 Å². The molecule has 0 spiro atoms. The Kier molecular flexibility index (Phi) is 7.99. The molecular weight excluding hydrogens is 619 g/mol. The number of oxazole rings is 1. The maximum Gasteiger partial charge on any atom is 0.316 e. The number of rotatable bonds is 9. The van der Waals surface area contributed by atoms with Crippen molar-refractivity contribution in [2.24, 2.45) is 5.41 Å². The second-order valence-corrected chi connectivity index (χ2v) is 13.5. The minimum Gasteiger partial charge on any atom is -0.598 e. The van der Waals surface area contributed by atoms with Gasteiger partial charge < -0.3 is 18.6 Å². The predicted molar refractivity (Wildman–Crippen MR) is 168 cm³/mol. The number of benzene rings is 3. The minimum atomic E-state index is -1.33. The molecule has 0 N–H and O–H groups in total. The van der Waals surface area contributed by atoms with E-state index in [2.05, 4.69) is 17.0 Å². The van der Waals surface area contributed by atoms with Crippen LogP contribution in [0.5, 0.6) is 5.75 Å². The number of fused-ring (bicyclic) bond motifs is 1. The summed E-state index contributed by atoms with van der Waals surface area (Å²) >= 11 is -1.33. The Morgan fingerprint density at radius 2 is 1.67 bits per heavy atom. The van der Waals surface area contributed by atoms with Gasteiger partial charge in [0.15, 0.2) is 11.3 Å². The van der Waals surface area contributed by atoms with Crippen LogP contribution in [0.2, 0.25) is 0 Å². The maximum absolute atomic E-state index is 13.9. The quantitative estimate of drug-likeness (QED) is 0.190. The molecule has 1 unspecified atom stereocenters. The molecule has 1 saturated heterocycles. The largest absolute Gasteiger partial charge is 0.598 e. The van der Waals surface area contributed by atoms with Gasteiger partial charge in [-0.1, -0.05) is 13.0 Å². The molecule has 13 heteroatoms. The Morgan fingerprint density at radius 3 is 2.37 bits per heavy atom. The van der Waals surface area contributed by atoms with E-state index in [0.717, 1.165) is 41.3 Å². The fourth-order valence-corrected chi connectivity index (χ4v) is 6.60. The summed E-state index contributed by atoms with van der Waals surface area (Å²) in [4.78, 5) is 20.0. The summed E-state index contributed by atoms with van der Waals surface area (Å²) in [6.07, 6.45) is 3.45. The van der Waals surface area contributed by atoms with Crippen LogP contribution in [0.15, 0.2) is 76.1 Å². The van der Waals surface area contributed by atoms with E-state index in [1.807, 2.05) is 27.4 Å². The van der Waals surface area contributed by atoms with Crippen LogP contribution < -0.4 is 15.2 Å². The van der Waals surface area contributed by atoms with E-state index in [0.29, 0.717) is 61.0 Å². The van der Waals surface area contributed by atoms with Gasteiger partial charge >= 0.3 is 5.56 Å². The average Bonchev–Trinajstić information content (AvgIpc) is 3.62. The Bertz CT molecular complexity index is 1940. The monoisotopic (exact) mass is 649 g/mol. The van der Waals surface area contributed by atoms with Gasteiger partial charge in [-0.2, -0.15) is 9.78 Å². The fraction of sp³-hybridized carbons (Fsp3) is 0.303. The lowest BCUT2D eigenvalue weighted by Crippen LogP contribution is -2.49. The average molecular weight is 650 g/mol. The molecule has 0 radical (unpaired) electrons. The van der Waals surface area contributed by atoms with Crippen molar-refractivity contribution in [3.63, 3.8) is 0 Å². The summed E-state index contributed by atoms with van der Waals surface area (Å²) < 4.78 is 69.4. The maximum atomic E-state index is 13.9. The van der Waals surface area contributed by atoms with Crippen LogP contribution in [-0.4, -0.2) is 56.4 Å². The normalized spacial score (nSPS) is 16.9. The van der Waals surface area contributed by atoms with E-state index in [1.165, 1.54) is 18.3 Å². The zero-order valence-electron chi connectivity index (χ0n) is 24.9. The van der Waals surface area contributed by atoms with Crippen LogP contribution in [0.25, 0.3) is 28.2 Å². The predicted octanol–water partition coefficient (Wildman–Crippen LogP) is 5.62. The summed E-state index contributed by atoms with van der Waals surface area (Å²) in [7, 11) is 0. The van der Waals surface area contributed by atoms with Gasteiger partial charge in [0.25, 0.3) is 0 Å². The second-order valence-electron chi connectivity index (χ2n) is 12.0. The van der Waals surface area contributed by atoms with Gasteiger partial charge in [0, 0.05) is 47.1 Å². The zero-order valence-corrected chi connectivity index (χ0v) is 25.7. The summed E-state index contributed by atoms with van der Waals surface area (Å²) in [5, 5.41) is 4.23. The lowest BCUT2D eigenvalue weighted by atomic mass is 10.2. The molecular formula is C33H30F3N5O4S. The Balaban J connectivity index is 1.05. The molecule has 0 bridgehead atoms. The second kappa shape index (κ2) is 12.1. The van der Waals surface area contributed by atoms with Crippen molar-refractivity contribution < 1.29 is 26.9 Å². The highest BCUT2D eigenvalue weighted by atomic mass is 32.2. The first kappa shape index (κ1) is 30.3. The summed E-state index contributed by atoms with van der Waals surface area (Å²) in [6, 6.07) is 14.2. The molecule has 0 amide bonds. The van der Waals surface area contributed by atoms with E-state index in [1.54, 1.807) is 12.1 Å². The first-order chi connectivity index (χ1) is 22.1. The highest BCUT2D eigenvalue weighted by Crippen LogP contribution is 2.45. The van der Waals surface area contributed by atoms with Crippen molar-refractivity contribution in [2.75, 3.05) is 37.7 Å². The van der Waals surface area contributed by atoms with E-state index in [-0.39, 0.29) is 28.4 Å². The highest BCUT2D eigenvalue weighted by Gasteiger charge is 2.39. The Morgan fingerprint density at radius 1 is 0.957 bits per heavy atom. The number of hydrogen-bond acceptors (Lipinski definition) is 8. The number of halogens is 3. The molecule has 2 fully saturated rings. The smallest absolute Gasteiger partial charge is 0.316 e. The van der Waals surface area contributed by atoms with Gasteiger partial charge in [-0.05, 0) is 61.4 Å². The number of hydrogen-bond donors (Lipinski definition) is 0. The van der Waals surface area contributed by atoms with E-state index in [9.17, 15) is 22.5 Å². The number of ether oxygens (including phenoxy) is 1. The molecule has 7 rings (SSSR count). The molecule has 46 heavy (non-hydrogen) atoms. The van der Waals surface area contributed by atoms with E-state index < -0.39 is 28.6 Å². The third-order valence-corrected chi connectivity index (χ3v) is 9.90. The van der Waals surface area contributed by atoms with E-state index in [4.69, 9.17) is 9.15 Å². The third-order valence-electron chi connectivity index (χ3n) is 8.38. The molecule has 2 aromatic heterocycles. The van der Waals surface area contributed by atoms with Crippen LogP contribution in [0.1, 0.15) is 25.3 Å². The minimum absolute atomic E-state index is 0.0182. The number of piperazine rings is 1. The molecule has 238 valence electrons. The fourth-order valence-electron chi connectivity index (χ4n) is 5.38. The molecule has 3 aromatic carbocycles. The topological polar surface area (TPSA) is 99.7 Å². The van der Waals surface area contributed by atoms with Crippen molar-refractivity contribution in [1.29, 1.82) is 0 Å². The van der Waals surface area contributed by atoms with Crippen LogP contribution in [0.3, 0.4) is 0 Å². The van der Waals surface area contributed by atoms with Crippen LogP contribution in [0.4, 0.5) is 18.9 Å². The highest BCUT2D eigenvalue weighted by molar-refractivity contribution is 7.88. The number of aromatic nitrogens is 3. The first-order valence-corrected chi connectivity index (χ1v) is 16.2. The zero-order chi connectivity index (χ0) is 32.0. The van der Waals surface area contributed by atoms with Crippen molar-refractivity contribution in [2.45, 2.75) is 25.5 Å². The third kappa shape index (κ3) is 6.35. The van der Waals surface area contributed by atoms with Crippen LogP contribution >= 0.6 is 0 Å². The summed E-state index contributed by atoms with van der Waals surface area (Å²) in [6.45, 7) is 4.25. The molecule has 1 saturated carbocycles. The standard InChI is InChI=1S/C33H30F3N5O4S/c1-33(8-9-33)20-44-30-28(18-37-41(32(30)42)26-16-24(35)15-25(36)17-26)39-10-12-40(13-11-39)46(43)19-21-2-7-27-29(14-21)45-31(38-27)22-3-5-23(34)6-4-22/h2-7,14-18H,8-13,19-20H2,1H3. The number of anilines is 1. The first-order valence-electron chi connectivity index (χ1n) is 14.9. The molecule has 5 aromatic rings. The van der Waals surface area contributed by atoms with Gasteiger partial charge in [0.1, 0.15) is 28.7 Å². The summed E-state index contributed by atoms with van der Waals surface area (Å²) in [5.74, 6) is -1.26. The summed E-state index contributed by atoms with van der Waals surface area (Å²) in [5.41, 5.74) is 2.50. The van der Waals surface area contributed by atoms with Crippen molar-refractivity contribution >= 4 is 28.1 Å². The van der Waals surface area contributed by atoms with Crippen molar-refractivity contribution in [3.05, 3.63) is 100 Å². The van der Waals surface area contributed by atoms with Gasteiger partial charge in [0.05, 0.1) is 31.6 Å². The molecule has 1 atom stereocenters. The van der Waals surface area contributed by atoms with Crippen LogP contribution in [-0.2, 0) is 17.1 Å². The van der Waals surface area contributed by atoms with Crippen LogP contribution in [0, 0.1) is 22.9 Å². The Hall–Kier alpha value is -4.33. The molecule has 2 aliphatic rings. The SMILES string of the molecule is CC1(COc2c(N3CCN([S+]([O-])Cc4ccc5nc(-c6ccc(F)cc6)oc5c4)CC3)cnn(-c3cc(F)cc(F)c3)c2=O)CC1. The van der Waals surface area contributed by atoms with Gasteiger partial charge in [-0.25, -0.2) is 18.2 Å². The number of nitrogens with zero attached hydrogens (tertiary/aromatic N) is 5.